The quantitative estimate of drug-likeness (QED) is 0.762. The van der Waals surface area contributed by atoms with Crippen LogP contribution in [-0.4, -0.2) is 30.4 Å². The van der Waals surface area contributed by atoms with Crippen LogP contribution in [0.1, 0.15) is 5.56 Å². The van der Waals surface area contributed by atoms with Gasteiger partial charge in [-0.2, -0.15) is 0 Å². The molecule has 4 heteroatoms. The Morgan fingerprint density at radius 3 is 2.93 bits per heavy atom. The molecular formula is C11H14FNO2. The molecule has 0 bridgehead atoms. The van der Waals surface area contributed by atoms with Crippen LogP contribution in [0.3, 0.4) is 0 Å². The summed E-state index contributed by atoms with van der Waals surface area (Å²) in [6, 6.07) is 4.70. The number of rotatable bonds is 2. The van der Waals surface area contributed by atoms with Crippen molar-refractivity contribution in [2.45, 2.75) is 19.1 Å². The van der Waals surface area contributed by atoms with Gasteiger partial charge in [0.25, 0.3) is 0 Å². The van der Waals surface area contributed by atoms with Gasteiger partial charge in [-0.25, -0.2) is 4.39 Å². The fraction of sp³-hybridized carbons (Fsp3) is 0.455. The van der Waals surface area contributed by atoms with Crippen molar-refractivity contribution < 1.29 is 14.2 Å². The molecule has 1 aliphatic heterocycles. The van der Waals surface area contributed by atoms with Crippen molar-refractivity contribution in [1.82, 2.24) is 5.32 Å². The lowest BCUT2D eigenvalue weighted by atomic mass is 10.2. The van der Waals surface area contributed by atoms with Gasteiger partial charge in [-0.15, -0.1) is 0 Å². The Bertz CT molecular complexity index is 356. The molecule has 15 heavy (non-hydrogen) atoms. The van der Waals surface area contributed by atoms with Gasteiger partial charge in [0.15, 0.2) is 11.6 Å². The number of hydrogen-bond acceptors (Lipinski definition) is 3. The first-order valence-electron chi connectivity index (χ1n) is 4.98. The Morgan fingerprint density at radius 2 is 2.27 bits per heavy atom. The summed E-state index contributed by atoms with van der Waals surface area (Å²) < 4.78 is 18.7. The van der Waals surface area contributed by atoms with E-state index in [9.17, 15) is 9.50 Å². The Morgan fingerprint density at radius 1 is 1.47 bits per heavy atom. The number of ether oxygens (including phenoxy) is 1. The van der Waals surface area contributed by atoms with Gasteiger partial charge in [-0.3, -0.25) is 0 Å². The third kappa shape index (κ3) is 2.27. The third-order valence-electron chi connectivity index (χ3n) is 2.49. The van der Waals surface area contributed by atoms with Gasteiger partial charge in [-0.05, 0) is 24.6 Å². The van der Waals surface area contributed by atoms with E-state index in [4.69, 9.17) is 4.74 Å². The fourth-order valence-electron chi connectivity index (χ4n) is 1.63. The van der Waals surface area contributed by atoms with Gasteiger partial charge in [0, 0.05) is 13.1 Å². The minimum atomic E-state index is -0.565. The van der Waals surface area contributed by atoms with Crippen LogP contribution in [0.25, 0.3) is 0 Å². The highest BCUT2D eigenvalue weighted by Gasteiger charge is 2.27. The zero-order valence-electron chi connectivity index (χ0n) is 8.53. The Balaban J connectivity index is 2.12. The number of nitrogens with one attached hydrogen (secondary N) is 1. The monoisotopic (exact) mass is 211 g/mol. The fourth-order valence-corrected chi connectivity index (χ4v) is 1.63. The van der Waals surface area contributed by atoms with Crippen molar-refractivity contribution >= 4 is 0 Å². The molecular weight excluding hydrogens is 197 g/mol. The molecule has 1 aromatic carbocycles. The molecule has 82 valence electrons. The second-order valence-electron chi connectivity index (χ2n) is 3.82. The largest absolute Gasteiger partial charge is 0.483 e. The minimum Gasteiger partial charge on any atom is -0.483 e. The first-order valence-corrected chi connectivity index (χ1v) is 4.98. The van der Waals surface area contributed by atoms with Crippen molar-refractivity contribution in [1.29, 1.82) is 0 Å². The van der Waals surface area contributed by atoms with Crippen LogP contribution >= 0.6 is 0 Å². The molecule has 0 radical (unpaired) electrons. The zero-order valence-corrected chi connectivity index (χ0v) is 8.53. The minimum absolute atomic E-state index is 0.211. The maximum Gasteiger partial charge on any atom is 0.165 e. The SMILES string of the molecule is Cc1ccc(F)c(OC2CNCC2O)c1. The number of benzene rings is 1. The molecule has 2 rings (SSSR count). The highest BCUT2D eigenvalue weighted by molar-refractivity contribution is 5.29. The highest BCUT2D eigenvalue weighted by Crippen LogP contribution is 2.21. The average molecular weight is 211 g/mol. The second-order valence-corrected chi connectivity index (χ2v) is 3.82. The summed E-state index contributed by atoms with van der Waals surface area (Å²) in [4.78, 5) is 0. The summed E-state index contributed by atoms with van der Waals surface area (Å²) in [5.41, 5.74) is 0.937. The second kappa shape index (κ2) is 4.16. The molecule has 2 N–H and O–H groups in total. The Hall–Kier alpha value is -1.13. The first kappa shape index (κ1) is 10.4. The maximum atomic E-state index is 13.3. The smallest absolute Gasteiger partial charge is 0.165 e. The van der Waals surface area contributed by atoms with Crippen LogP contribution in [0.4, 0.5) is 4.39 Å². The van der Waals surface area contributed by atoms with Crippen LogP contribution in [0.5, 0.6) is 5.75 Å². The predicted molar refractivity (Wildman–Crippen MR) is 54.4 cm³/mol. The molecule has 1 heterocycles. The summed E-state index contributed by atoms with van der Waals surface area (Å²) in [6.07, 6.45) is -0.925. The Kier molecular flexibility index (Phi) is 2.88. The van der Waals surface area contributed by atoms with E-state index in [1.165, 1.54) is 6.07 Å². The number of aliphatic hydroxyl groups excluding tert-OH is 1. The van der Waals surface area contributed by atoms with Crippen LogP contribution in [0.15, 0.2) is 18.2 Å². The van der Waals surface area contributed by atoms with E-state index in [1.807, 2.05) is 6.92 Å². The van der Waals surface area contributed by atoms with E-state index >= 15 is 0 Å². The lowest BCUT2D eigenvalue weighted by Crippen LogP contribution is -2.30. The number of β-amino-alcohol motifs (C(OH)–C–C–N with tert-alkyl or cyclic N) is 1. The summed E-state index contributed by atoms with van der Waals surface area (Å²) >= 11 is 0. The van der Waals surface area contributed by atoms with Crippen molar-refractivity contribution in [2.24, 2.45) is 0 Å². The van der Waals surface area contributed by atoms with Crippen LogP contribution in [0, 0.1) is 12.7 Å². The van der Waals surface area contributed by atoms with Crippen molar-refractivity contribution in [3.8, 4) is 5.75 Å². The van der Waals surface area contributed by atoms with E-state index in [0.29, 0.717) is 13.1 Å². The average Bonchev–Trinajstić information content (AvgIpc) is 2.58. The molecule has 1 aromatic rings. The van der Waals surface area contributed by atoms with E-state index in [-0.39, 0.29) is 17.7 Å². The number of halogens is 1. The van der Waals surface area contributed by atoms with Crippen LogP contribution < -0.4 is 10.1 Å². The van der Waals surface area contributed by atoms with Crippen molar-refractivity contribution in [2.75, 3.05) is 13.1 Å². The summed E-state index contributed by atoms with van der Waals surface area (Å²) in [5, 5.41) is 12.5. The topological polar surface area (TPSA) is 41.5 Å². The summed E-state index contributed by atoms with van der Waals surface area (Å²) in [5.74, 6) is -0.178. The number of hydrogen-bond donors (Lipinski definition) is 2. The summed E-state index contributed by atoms with van der Waals surface area (Å²) in [6.45, 7) is 2.92. The molecule has 1 aliphatic rings. The normalized spacial score (nSPS) is 25.5. The predicted octanol–water partition coefficient (Wildman–Crippen LogP) is 0.846. The van der Waals surface area contributed by atoms with Gasteiger partial charge in [0.2, 0.25) is 0 Å². The molecule has 0 aliphatic carbocycles. The lowest BCUT2D eigenvalue weighted by Gasteiger charge is -2.16. The van der Waals surface area contributed by atoms with E-state index < -0.39 is 6.10 Å². The standard InChI is InChI=1S/C11H14FNO2/c1-7-2-3-8(12)10(4-7)15-11-6-13-5-9(11)14/h2-4,9,11,13-14H,5-6H2,1H3. The van der Waals surface area contributed by atoms with E-state index in [2.05, 4.69) is 5.32 Å². The zero-order chi connectivity index (χ0) is 10.8. The molecule has 1 fully saturated rings. The molecule has 1 saturated heterocycles. The van der Waals surface area contributed by atoms with E-state index in [1.54, 1.807) is 12.1 Å². The molecule has 2 atom stereocenters. The lowest BCUT2D eigenvalue weighted by molar-refractivity contribution is 0.0710. The third-order valence-corrected chi connectivity index (χ3v) is 2.49. The van der Waals surface area contributed by atoms with Gasteiger partial charge in [0.05, 0.1) is 0 Å². The summed E-state index contributed by atoms with van der Waals surface area (Å²) in [7, 11) is 0. The van der Waals surface area contributed by atoms with Gasteiger partial charge in [-0.1, -0.05) is 6.07 Å². The molecule has 2 unspecified atom stereocenters. The van der Waals surface area contributed by atoms with Gasteiger partial charge in [0.1, 0.15) is 12.2 Å². The number of aryl methyl sites for hydroxylation is 1. The van der Waals surface area contributed by atoms with Gasteiger partial charge < -0.3 is 15.2 Å². The van der Waals surface area contributed by atoms with Crippen molar-refractivity contribution in [3.05, 3.63) is 29.6 Å². The molecule has 0 saturated carbocycles. The molecule has 0 spiro atoms. The molecule has 0 aromatic heterocycles. The first-order chi connectivity index (χ1) is 7.16. The van der Waals surface area contributed by atoms with Gasteiger partial charge >= 0.3 is 0 Å². The number of aliphatic hydroxyl groups is 1. The van der Waals surface area contributed by atoms with Crippen LogP contribution in [0.2, 0.25) is 0 Å². The van der Waals surface area contributed by atoms with Crippen molar-refractivity contribution in [3.63, 3.8) is 0 Å². The maximum absolute atomic E-state index is 13.3. The van der Waals surface area contributed by atoms with E-state index in [0.717, 1.165) is 5.56 Å². The molecule has 3 nitrogen and oxygen atoms in total. The Labute approximate surface area is 87.9 Å². The molecule has 0 amide bonds. The highest BCUT2D eigenvalue weighted by atomic mass is 19.1. The van der Waals surface area contributed by atoms with Crippen LogP contribution in [-0.2, 0) is 0 Å².